The largest absolute Gasteiger partial charge is 0.379 e. The van der Waals surface area contributed by atoms with Gasteiger partial charge in [-0.05, 0) is 18.2 Å². The quantitative estimate of drug-likeness (QED) is 0.475. The number of anilines is 1. The first-order valence-electron chi connectivity index (χ1n) is 9.42. The van der Waals surface area contributed by atoms with Crippen molar-refractivity contribution < 1.29 is 9.53 Å². The Morgan fingerprint density at radius 3 is 2.69 bits per heavy atom. The highest BCUT2D eigenvalue weighted by Crippen LogP contribution is 2.26. The van der Waals surface area contributed by atoms with Gasteiger partial charge in [-0.1, -0.05) is 53.7 Å². The van der Waals surface area contributed by atoms with E-state index < -0.39 is 0 Å². The SMILES string of the molecule is O=C(CSc1nc(CN2CCOCC2)nc2ccccc12)Nc1ccccc1Cl. The molecule has 3 aromatic rings. The van der Waals surface area contributed by atoms with E-state index >= 15 is 0 Å². The number of carbonyl (C=O) groups is 1. The van der Waals surface area contributed by atoms with E-state index in [-0.39, 0.29) is 11.7 Å². The predicted molar refractivity (Wildman–Crippen MR) is 116 cm³/mol. The summed E-state index contributed by atoms with van der Waals surface area (Å²) in [6, 6.07) is 15.1. The first-order valence-corrected chi connectivity index (χ1v) is 10.8. The van der Waals surface area contributed by atoms with E-state index in [0.29, 0.717) is 17.3 Å². The number of thioether (sulfide) groups is 1. The highest BCUT2D eigenvalue weighted by Gasteiger charge is 2.15. The number of hydrogen-bond donors (Lipinski definition) is 1. The molecule has 0 bridgehead atoms. The van der Waals surface area contributed by atoms with Gasteiger partial charge in [0.05, 0.1) is 41.7 Å². The molecule has 0 radical (unpaired) electrons. The van der Waals surface area contributed by atoms with Crippen LogP contribution in [0.3, 0.4) is 0 Å². The molecule has 150 valence electrons. The van der Waals surface area contributed by atoms with E-state index in [9.17, 15) is 4.79 Å². The standard InChI is InChI=1S/C21H21ClN4O2S/c22-16-6-2-4-8-18(16)24-20(27)14-29-21-15-5-1-3-7-17(15)23-19(25-21)13-26-9-11-28-12-10-26/h1-8H,9-14H2,(H,24,27). The number of para-hydroxylation sites is 2. The van der Waals surface area contributed by atoms with Gasteiger partial charge in [-0.15, -0.1) is 0 Å². The Morgan fingerprint density at radius 1 is 1.10 bits per heavy atom. The van der Waals surface area contributed by atoms with Gasteiger partial charge < -0.3 is 10.1 Å². The molecular weight excluding hydrogens is 408 g/mol. The van der Waals surface area contributed by atoms with Gasteiger partial charge in [0.25, 0.3) is 0 Å². The van der Waals surface area contributed by atoms with E-state index in [1.807, 2.05) is 36.4 Å². The van der Waals surface area contributed by atoms with E-state index in [2.05, 4.69) is 10.2 Å². The van der Waals surface area contributed by atoms with Crippen LogP contribution in [-0.4, -0.2) is 52.8 Å². The Morgan fingerprint density at radius 2 is 1.86 bits per heavy atom. The molecule has 1 fully saturated rings. The number of halogens is 1. The van der Waals surface area contributed by atoms with E-state index in [0.717, 1.165) is 48.1 Å². The van der Waals surface area contributed by atoms with E-state index in [1.54, 1.807) is 12.1 Å². The van der Waals surface area contributed by atoms with Gasteiger partial charge in [-0.3, -0.25) is 9.69 Å². The van der Waals surface area contributed by atoms with Crippen molar-refractivity contribution in [3.63, 3.8) is 0 Å². The third kappa shape index (κ3) is 5.25. The average molecular weight is 429 g/mol. The van der Waals surface area contributed by atoms with Crippen molar-refractivity contribution in [2.45, 2.75) is 11.6 Å². The molecule has 2 aromatic carbocycles. The number of benzene rings is 2. The highest BCUT2D eigenvalue weighted by molar-refractivity contribution is 8.00. The highest BCUT2D eigenvalue weighted by atomic mass is 35.5. The van der Waals surface area contributed by atoms with Crippen molar-refractivity contribution in [3.05, 3.63) is 59.4 Å². The lowest BCUT2D eigenvalue weighted by Crippen LogP contribution is -2.36. The van der Waals surface area contributed by atoms with Crippen LogP contribution in [0.15, 0.2) is 53.6 Å². The molecule has 1 saturated heterocycles. The second-order valence-electron chi connectivity index (χ2n) is 6.67. The number of carbonyl (C=O) groups excluding carboxylic acids is 1. The number of fused-ring (bicyclic) bond motifs is 1. The minimum Gasteiger partial charge on any atom is -0.379 e. The number of rotatable bonds is 6. The minimum atomic E-state index is -0.125. The fourth-order valence-corrected chi connectivity index (χ4v) is 4.14. The van der Waals surface area contributed by atoms with Crippen LogP contribution < -0.4 is 5.32 Å². The average Bonchev–Trinajstić information content (AvgIpc) is 2.74. The molecule has 29 heavy (non-hydrogen) atoms. The maximum atomic E-state index is 12.4. The summed E-state index contributed by atoms with van der Waals surface area (Å²) in [5.74, 6) is 0.878. The fourth-order valence-electron chi connectivity index (χ4n) is 3.12. The first kappa shape index (κ1) is 20.1. The number of morpholine rings is 1. The number of ether oxygens (including phenoxy) is 1. The Kier molecular flexibility index (Phi) is 6.61. The van der Waals surface area contributed by atoms with Crippen LogP contribution in [0.2, 0.25) is 5.02 Å². The zero-order chi connectivity index (χ0) is 20.1. The number of amides is 1. The molecule has 1 aromatic heterocycles. The molecule has 6 nitrogen and oxygen atoms in total. The van der Waals surface area contributed by atoms with Crippen LogP contribution in [0, 0.1) is 0 Å². The van der Waals surface area contributed by atoms with Crippen molar-refractivity contribution in [1.29, 1.82) is 0 Å². The van der Waals surface area contributed by atoms with Crippen molar-refractivity contribution in [2.24, 2.45) is 0 Å². The van der Waals surface area contributed by atoms with Gasteiger partial charge in [0.15, 0.2) is 0 Å². The summed E-state index contributed by atoms with van der Waals surface area (Å²) in [6.07, 6.45) is 0. The number of nitrogens with zero attached hydrogens (tertiary/aromatic N) is 3. The maximum absolute atomic E-state index is 12.4. The summed E-state index contributed by atoms with van der Waals surface area (Å²) >= 11 is 7.53. The summed E-state index contributed by atoms with van der Waals surface area (Å²) in [5, 5.41) is 5.14. The molecule has 1 N–H and O–H groups in total. The normalized spacial score (nSPS) is 14.8. The summed E-state index contributed by atoms with van der Waals surface area (Å²) in [7, 11) is 0. The lowest BCUT2D eigenvalue weighted by Gasteiger charge is -2.25. The Labute approximate surface area is 178 Å². The summed E-state index contributed by atoms with van der Waals surface area (Å²) in [6.45, 7) is 3.89. The van der Waals surface area contributed by atoms with E-state index in [1.165, 1.54) is 11.8 Å². The van der Waals surface area contributed by atoms with Gasteiger partial charge in [0, 0.05) is 18.5 Å². The second-order valence-corrected chi connectivity index (χ2v) is 8.04. The number of nitrogens with one attached hydrogen (secondary N) is 1. The summed E-state index contributed by atoms with van der Waals surface area (Å²) in [5.41, 5.74) is 1.50. The lowest BCUT2D eigenvalue weighted by atomic mass is 10.2. The van der Waals surface area contributed by atoms with Gasteiger partial charge in [0.1, 0.15) is 10.9 Å². The Bertz CT molecular complexity index is 1010. The molecular formula is C21H21ClN4O2S. The van der Waals surface area contributed by atoms with Crippen LogP contribution in [0.4, 0.5) is 5.69 Å². The van der Waals surface area contributed by atoms with Crippen LogP contribution in [0.25, 0.3) is 10.9 Å². The topological polar surface area (TPSA) is 67.4 Å². The van der Waals surface area contributed by atoms with Crippen molar-refractivity contribution >= 4 is 45.9 Å². The van der Waals surface area contributed by atoms with Crippen molar-refractivity contribution in [3.8, 4) is 0 Å². The van der Waals surface area contributed by atoms with Crippen LogP contribution in [0.5, 0.6) is 0 Å². The molecule has 0 aliphatic carbocycles. The summed E-state index contributed by atoms with van der Waals surface area (Å²) < 4.78 is 5.41. The molecule has 0 atom stereocenters. The van der Waals surface area contributed by atoms with Crippen LogP contribution >= 0.6 is 23.4 Å². The van der Waals surface area contributed by atoms with Crippen LogP contribution in [-0.2, 0) is 16.1 Å². The third-order valence-electron chi connectivity index (χ3n) is 4.57. The number of hydrogen-bond acceptors (Lipinski definition) is 6. The fraction of sp³-hybridized carbons (Fsp3) is 0.286. The van der Waals surface area contributed by atoms with Gasteiger partial charge >= 0.3 is 0 Å². The van der Waals surface area contributed by atoms with Gasteiger partial charge in [-0.25, -0.2) is 9.97 Å². The van der Waals surface area contributed by atoms with E-state index in [4.69, 9.17) is 26.3 Å². The van der Waals surface area contributed by atoms with Crippen molar-refractivity contribution in [2.75, 3.05) is 37.4 Å². The zero-order valence-corrected chi connectivity index (χ0v) is 17.4. The molecule has 4 rings (SSSR count). The smallest absolute Gasteiger partial charge is 0.234 e. The minimum absolute atomic E-state index is 0.125. The predicted octanol–water partition coefficient (Wildman–Crippen LogP) is 3.85. The van der Waals surface area contributed by atoms with Gasteiger partial charge in [-0.2, -0.15) is 0 Å². The molecule has 1 amide bonds. The monoisotopic (exact) mass is 428 g/mol. The molecule has 0 saturated carbocycles. The molecule has 0 unspecified atom stereocenters. The molecule has 0 spiro atoms. The Balaban J connectivity index is 1.49. The molecule has 8 heteroatoms. The molecule has 2 heterocycles. The third-order valence-corrected chi connectivity index (χ3v) is 5.89. The molecule has 1 aliphatic rings. The first-order chi connectivity index (χ1) is 14.2. The molecule has 1 aliphatic heterocycles. The summed E-state index contributed by atoms with van der Waals surface area (Å²) in [4.78, 5) is 24.2. The zero-order valence-electron chi connectivity index (χ0n) is 15.8. The van der Waals surface area contributed by atoms with Gasteiger partial charge in [0.2, 0.25) is 5.91 Å². The second kappa shape index (κ2) is 9.54. The van der Waals surface area contributed by atoms with Crippen LogP contribution in [0.1, 0.15) is 5.82 Å². The number of aromatic nitrogens is 2. The maximum Gasteiger partial charge on any atom is 0.234 e. The Hall–Kier alpha value is -2.19. The van der Waals surface area contributed by atoms with Crippen molar-refractivity contribution in [1.82, 2.24) is 14.9 Å². The lowest BCUT2D eigenvalue weighted by molar-refractivity contribution is -0.113.